The molecule has 0 saturated heterocycles. The van der Waals surface area contributed by atoms with Crippen LogP contribution in [-0.4, -0.2) is 46.7 Å². The minimum absolute atomic E-state index is 0.0898. The summed E-state index contributed by atoms with van der Waals surface area (Å²) in [6.07, 6.45) is 4.17. The summed E-state index contributed by atoms with van der Waals surface area (Å²) in [6.45, 7) is 2.42. The zero-order chi connectivity index (χ0) is 18.8. The van der Waals surface area contributed by atoms with Gasteiger partial charge in [-0.15, -0.1) is 0 Å². The normalized spacial score (nSPS) is 11.2. The van der Waals surface area contributed by atoms with Crippen LogP contribution in [0.5, 0.6) is 17.2 Å². The molecule has 0 radical (unpaired) electrons. The van der Waals surface area contributed by atoms with Gasteiger partial charge in [-0.05, 0) is 30.7 Å². The second kappa shape index (κ2) is 10.0. The number of allylic oxidation sites excluding steroid dienone is 1. The first-order valence-corrected chi connectivity index (χ1v) is 7.56. The lowest BCUT2D eigenvalue weighted by atomic mass is 10.1. The van der Waals surface area contributed by atoms with Gasteiger partial charge in [-0.3, -0.25) is 4.79 Å². The van der Waals surface area contributed by atoms with Crippen LogP contribution in [0.2, 0.25) is 0 Å². The maximum Gasteiger partial charge on any atom is 0.343 e. The van der Waals surface area contributed by atoms with Gasteiger partial charge >= 0.3 is 5.97 Å². The molecule has 0 fully saturated rings. The third-order valence-corrected chi connectivity index (χ3v) is 3.24. The molecule has 0 atom stereocenters. The lowest BCUT2D eigenvalue weighted by Gasteiger charge is -2.12. The molecular weight excluding hydrogens is 326 g/mol. The van der Waals surface area contributed by atoms with Gasteiger partial charge in [0.15, 0.2) is 17.3 Å². The smallest absolute Gasteiger partial charge is 0.343 e. The summed E-state index contributed by atoms with van der Waals surface area (Å²) < 4.78 is 20.4. The molecule has 0 spiro atoms. The highest BCUT2D eigenvalue weighted by Gasteiger charge is 2.17. The van der Waals surface area contributed by atoms with E-state index in [0.717, 1.165) is 0 Å². The molecule has 1 N–H and O–H groups in total. The standard InChI is InChI=1S/C18H23NO6/c1-6-19-11-13(18(21)25-5)14(20)8-7-12-9-15(22-2)17(24-4)16(10-12)23-3/h7-11,19H,6H2,1-5H3/b8-7+,13-11-. The minimum Gasteiger partial charge on any atom is -0.493 e. The SMILES string of the molecule is CCN/C=C(/C(=O)/C=C/c1cc(OC)c(OC)c(OC)c1)C(=O)OC. The Morgan fingerprint density at radius 2 is 1.64 bits per heavy atom. The van der Waals surface area contributed by atoms with Crippen molar-refractivity contribution < 1.29 is 28.5 Å². The Morgan fingerprint density at radius 1 is 1.04 bits per heavy atom. The zero-order valence-electron chi connectivity index (χ0n) is 15.0. The van der Waals surface area contributed by atoms with Gasteiger partial charge in [0, 0.05) is 12.7 Å². The first-order chi connectivity index (χ1) is 12.0. The maximum absolute atomic E-state index is 12.3. The van der Waals surface area contributed by atoms with E-state index in [2.05, 4.69) is 10.1 Å². The fourth-order valence-corrected chi connectivity index (χ4v) is 2.00. The molecule has 1 rings (SSSR count). The Bertz CT molecular complexity index is 653. The Kier molecular flexibility index (Phi) is 8.05. The average molecular weight is 349 g/mol. The minimum atomic E-state index is -0.708. The summed E-state index contributed by atoms with van der Waals surface area (Å²) in [5.74, 6) is 0.188. The molecule has 0 unspecified atom stereocenters. The summed E-state index contributed by atoms with van der Waals surface area (Å²) in [5.41, 5.74) is 0.559. The van der Waals surface area contributed by atoms with Crippen LogP contribution < -0.4 is 19.5 Å². The van der Waals surface area contributed by atoms with Gasteiger partial charge in [0.25, 0.3) is 0 Å². The second-order valence-electron chi connectivity index (χ2n) is 4.76. The van der Waals surface area contributed by atoms with Crippen LogP contribution in [0.15, 0.2) is 30.0 Å². The van der Waals surface area contributed by atoms with Crippen molar-refractivity contribution in [3.05, 3.63) is 35.5 Å². The predicted molar refractivity (Wildman–Crippen MR) is 93.9 cm³/mol. The topological polar surface area (TPSA) is 83.1 Å². The number of rotatable bonds is 9. The number of hydrogen-bond donors (Lipinski definition) is 1. The number of hydrogen-bond acceptors (Lipinski definition) is 7. The van der Waals surface area contributed by atoms with E-state index in [0.29, 0.717) is 29.4 Å². The van der Waals surface area contributed by atoms with Crippen LogP contribution in [0.3, 0.4) is 0 Å². The van der Waals surface area contributed by atoms with Crippen molar-refractivity contribution in [2.24, 2.45) is 0 Å². The summed E-state index contributed by atoms with van der Waals surface area (Å²) in [5, 5.41) is 2.82. The molecule has 0 saturated carbocycles. The number of benzene rings is 1. The van der Waals surface area contributed by atoms with E-state index in [1.165, 1.54) is 40.7 Å². The highest BCUT2D eigenvalue weighted by atomic mass is 16.5. The first kappa shape index (κ1) is 20.1. The second-order valence-corrected chi connectivity index (χ2v) is 4.76. The molecule has 0 aromatic heterocycles. The van der Waals surface area contributed by atoms with Crippen LogP contribution in [0.4, 0.5) is 0 Å². The molecule has 7 nitrogen and oxygen atoms in total. The van der Waals surface area contributed by atoms with Gasteiger partial charge in [0.1, 0.15) is 5.57 Å². The van der Waals surface area contributed by atoms with Crippen molar-refractivity contribution in [1.82, 2.24) is 5.32 Å². The van der Waals surface area contributed by atoms with E-state index in [-0.39, 0.29) is 5.57 Å². The molecular formula is C18H23NO6. The highest BCUT2D eigenvalue weighted by molar-refractivity contribution is 6.22. The Labute approximate surface area is 147 Å². The highest BCUT2D eigenvalue weighted by Crippen LogP contribution is 2.38. The largest absolute Gasteiger partial charge is 0.493 e. The number of ketones is 1. The lowest BCUT2D eigenvalue weighted by Crippen LogP contribution is -2.17. The number of carbonyl (C=O) groups is 2. The van der Waals surface area contributed by atoms with E-state index >= 15 is 0 Å². The van der Waals surface area contributed by atoms with E-state index < -0.39 is 11.8 Å². The van der Waals surface area contributed by atoms with Gasteiger partial charge < -0.3 is 24.3 Å². The molecule has 0 aliphatic rings. The van der Waals surface area contributed by atoms with Crippen LogP contribution in [-0.2, 0) is 14.3 Å². The summed E-state index contributed by atoms with van der Waals surface area (Å²) in [7, 11) is 5.74. The third kappa shape index (κ3) is 5.27. The molecule has 0 amide bonds. The quantitative estimate of drug-likeness (QED) is 0.316. The number of methoxy groups -OCH3 is 4. The maximum atomic E-state index is 12.3. The number of carbonyl (C=O) groups excluding carboxylic acids is 2. The Hall–Kier alpha value is -2.96. The van der Waals surface area contributed by atoms with Crippen LogP contribution in [0.25, 0.3) is 6.08 Å². The van der Waals surface area contributed by atoms with Gasteiger partial charge in [0.05, 0.1) is 28.4 Å². The van der Waals surface area contributed by atoms with Crippen molar-refractivity contribution in [3.63, 3.8) is 0 Å². The van der Waals surface area contributed by atoms with Crippen molar-refractivity contribution >= 4 is 17.8 Å². The molecule has 0 heterocycles. The first-order valence-electron chi connectivity index (χ1n) is 7.56. The van der Waals surface area contributed by atoms with E-state index in [1.807, 2.05) is 6.92 Å². The number of nitrogens with one attached hydrogen (secondary N) is 1. The van der Waals surface area contributed by atoms with Gasteiger partial charge in [-0.1, -0.05) is 6.08 Å². The molecule has 25 heavy (non-hydrogen) atoms. The van der Waals surface area contributed by atoms with Crippen LogP contribution >= 0.6 is 0 Å². The molecule has 136 valence electrons. The Balaban J connectivity index is 3.14. The number of esters is 1. The molecule has 1 aromatic rings. The molecule has 1 aromatic carbocycles. The Morgan fingerprint density at radius 3 is 2.08 bits per heavy atom. The molecule has 0 aliphatic carbocycles. The third-order valence-electron chi connectivity index (χ3n) is 3.24. The van der Waals surface area contributed by atoms with E-state index in [1.54, 1.807) is 18.2 Å². The average Bonchev–Trinajstić information content (AvgIpc) is 2.65. The summed E-state index contributed by atoms with van der Waals surface area (Å²) in [4.78, 5) is 24.0. The summed E-state index contributed by atoms with van der Waals surface area (Å²) in [6, 6.07) is 3.38. The van der Waals surface area contributed by atoms with Gasteiger partial charge in [0.2, 0.25) is 5.75 Å². The van der Waals surface area contributed by atoms with Crippen LogP contribution in [0, 0.1) is 0 Å². The van der Waals surface area contributed by atoms with Crippen molar-refractivity contribution in [2.45, 2.75) is 6.92 Å². The van der Waals surface area contributed by atoms with Gasteiger partial charge in [-0.2, -0.15) is 0 Å². The van der Waals surface area contributed by atoms with Crippen LogP contribution in [0.1, 0.15) is 12.5 Å². The monoisotopic (exact) mass is 349 g/mol. The van der Waals surface area contributed by atoms with Crippen molar-refractivity contribution in [2.75, 3.05) is 35.0 Å². The molecule has 0 aliphatic heterocycles. The van der Waals surface area contributed by atoms with Gasteiger partial charge in [-0.25, -0.2) is 4.79 Å². The fraction of sp³-hybridized carbons (Fsp3) is 0.333. The number of ether oxygens (including phenoxy) is 4. The van der Waals surface area contributed by atoms with Crippen molar-refractivity contribution in [1.29, 1.82) is 0 Å². The predicted octanol–water partition coefficient (Wildman–Crippen LogP) is 1.96. The van der Waals surface area contributed by atoms with E-state index in [9.17, 15) is 9.59 Å². The van der Waals surface area contributed by atoms with Crippen molar-refractivity contribution in [3.8, 4) is 17.2 Å². The summed E-state index contributed by atoms with van der Waals surface area (Å²) >= 11 is 0. The lowest BCUT2D eigenvalue weighted by molar-refractivity contribution is -0.137. The molecule has 0 bridgehead atoms. The molecule has 7 heteroatoms. The zero-order valence-corrected chi connectivity index (χ0v) is 15.0. The van der Waals surface area contributed by atoms with E-state index in [4.69, 9.17) is 14.2 Å². The fourth-order valence-electron chi connectivity index (χ4n) is 2.00.